The largest absolute Gasteiger partial charge is 0.308 e. The van der Waals surface area contributed by atoms with Crippen LogP contribution in [0, 0.1) is 0 Å². The molecule has 1 aliphatic carbocycles. The molecule has 0 radical (unpaired) electrons. The average molecular weight is 670 g/mol. The van der Waals surface area contributed by atoms with Gasteiger partial charge in [-0.05, 0) is 80.0 Å². The molecule has 1 aliphatic rings. The van der Waals surface area contributed by atoms with E-state index in [1.54, 1.807) is 0 Å². The van der Waals surface area contributed by atoms with Crippen LogP contribution in [0.25, 0.3) is 64.3 Å². The predicted molar refractivity (Wildman–Crippen MR) is 220 cm³/mol. The molecule has 0 saturated heterocycles. The van der Waals surface area contributed by atoms with Crippen LogP contribution in [0.4, 0.5) is 17.1 Å². The Morgan fingerprint density at radius 1 is 0.471 bits per heavy atom. The Morgan fingerprint density at radius 3 is 1.82 bits per heavy atom. The van der Waals surface area contributed by atoms with Gasteiger partial charge in [-0.3, -0.25) is 0 Å². The first-order chi connectivity index (χ1) is 25.1. The zero-order valence-corrected chi connectivity index (χ0v) is 29.4. The first kappa shape index (κ1) is 29.9. The maximum absolute atomic E-state index is 2.53. The van der Waals surface area contributed by atoms with Gasteiger partial charge in [0.05, 0.1) is 16.1 Å². The van der Waals surface area contributed by atoms with Crippen molar-refractivity contribution >= 4 is 59.3 Å². The summed E-state index contributed by atoms with van der Waals surface area (Å²) in [6, 6.07) is 64.7. The third-order valence-electron chi connectivity index (χ3n) is 10.9. The number of benzene rings is 8. The van der Waals surface area contributed by atoms with Gasteiger partial charge in [0.25, 0.3) is 0 Å². The number of rotatable bonds is 5. The summed E-state index contributed by atoms with van der Waals surface area (Å²) < 4.78 is 2.61. The monoisotopic (exact) mass is 669 g/mol. The first-order valence-electron chi connectivity index (χ1n) is 17.7. The zero-order valence-electron chi connectivity index (χ0n) is 28.6. The Kier molecular flexibility index (Phi) is 6.78. The van der Waals surface area contributed by atoms with Crippen LogP contribution in [-0.4, -0.2) is 0 Å². The highest BCUT2D eigenvalue weighted by molar-refractivity contribution is 7.26. The van der Waals surface area contributed by atoms with Crippen LogP contribution >= 0.6 is 11.3 Å². The van der Waals surface area contributed by atoms with E-state index in [2.05, 4.69) is 195 Å². The molecule has 0 saturated carbocycles. The van der Waals surface area contributed by atoms with Gasteiger partial charge in [0.1, 0.15) is 0 Å². The lowest BCUT2D eigenvalue weighted by Gasteiger charge is -2.30. The van der Waals surface area contributed by atoms with Crippen molar-refractivity contribution in [3.8, 4) is 33.4 Å². The molecule has 0 aliphatic heterocycles. The average Bonchev–Trinajstić information content (AvgIpc) is 3.69. The minimum absolute atomic E-state index is 0.0975. The highest BCUT2D eigenvalue weighted by Gasteiger charge is 2.38. The van der Waals surface area contributed by atoms with E-state index < -0.39 is 0 Å². The Morgan fingerprint density at radius 2 is 1.06 bits per heavy atom. The molecule has 0 N–H and O–H groups in total. The fraction of sp³-hybridized carbons (Fsp3) is 0.0612. The molecule has 242 valence electrons. The van der Waals surface area contributed by atoms with Crippen LogP contribution in [0.2, 0.25) is 0 Å². The van der Waals surface area contributed by atoms with E-state index in [-0.39, 0.29) is 5.41 Å². The topological polar surface area (TPSA) is 3.24 Å². The van der Waals surface area contributed by atoms with Crippen molar-refractivity contribution in [2.45, 2.75) is 19.3 Å². The maximum Gasteiger partial charge on any atom is 0.0647 e. The number of fused-ring (bicyclic) bond motifs is 8. The van der Waals surface area contributed by atoms with Gasteiger partial charge in [0.2, 0.25) is 0 Å². The summed E-state index contributed by atoms with van der Waals surface area (Å²) in [5, 5.41) is 5.19. The predicted octanol–water partition coefficient (Wildman–Crippen LogP) is 14.3. The van der Waals surface area contributed by atoms with Crippen molar-refractivity contribution in [3.63, 3.8) is 0 Å². The summed E-state index contributed by atoms with van der Waals surface area (Å²) >= 11 is 1.90. The summed E-state index contributed by atoms with van der Waals surface area (Å²) in [4.78, 5) is 2.53. The summed E-state index contributed by atoms with van der Waals surface area (Å²) in [6.45, 7) is 4.73. The molecule has 1 heterocycles. The Hall–Kier alpha value is -5.96. The molecule has 2 heteroatoms. The van der Waals surface area contributed by atoms with Crippen molar-refractivity contribution in [2.75, 3.05) is 4.90 Å². The van der Waals surface area contributed by atoms with E-state index in [1.807, 2.05) is 11.3 Å². The van der Waals surface area contributed by atoms with Crippen molar-refractivity contribution in [2.24, 2.45) is 0 Å². The second-order valence-electron chi connectivity index (χ2n) is 14.1. The molecule has 0 bridgehead atoms. The number of hydrogen-bond donors (Lipinski definition) is 0. The molecule has 8 aromatic carbocycles. The lowest BCUT2D eigenvalue weighted by Crippen LogP contribution is -2.16. The van der Waals surface area contributed by atoms with Crippen LogP contribution in [0.15, 0.2) is 176 Å². The highest BCUT2D eigenvalue weighted by atomic mass is 32.1. The molecule has 0 amide bonds. The third kappa shape index (κ3) is 4.67. The van der Waals surface area contributed by atoms with E-state index in [4.69, 9.17) is 0 Å². The van der Waals surface area contributed by atoms with Gasteiger partial charge < -0.3 is 4.90 Å². The minimum Gasteiger partial charge on any atom is -0.308 e. The molecule has 1 aromatic heterocycles. The molecule has 0 fully saturated rings. The molecule has 0 spiro atoms. The van der Waals surface area contributed by atoms with Crippen LogP contribution in [-0.2, 0) is 5.41 Å². The minimum atomic E-state index is -0.0975. The second kappa shape index (κ2) is 11.6. The smallest absolute Gasteiger partial charge is 0.0647 e. The van der Waals surface area contributed by atoms with Crippen LogP contribution < -0.4 is 4.90 Å². The molecule has 0 unspecified atom stereocenters. The fourth-order valence-corrected chi connectivity index (χ4v) is 9.56. The van der Waals surface area contributed by atoms with Crippen molar-refractivity contribution < 1.29 is 0 Å². The molecule has 10 rings (SSSR count). The molecular formula is C49H35NS. The fourth-order valence-electron chi connectivity index (χ4n) is 8.34. The molecule has 0 atom stereocenters. The molecular weight excluding hydrogens is 635 g/mol. The van der Waals surface area contributed by atoms with Crippen molar-refractivity contribution in [1.29, 1.82) is 0 Å². The van der Waals surface area contributed by atoms with Gasteiger partial charge in [-0.15, -0.1) is 11.3 Å². The van der Waals surface area contributed by atoms with Crippen molar-refractivity contribution in [1.82, 2.24) is 0 Å². The Bertz CT molecular complexity index is 2750. The molecule has 9 aromatic rings. The normalized spacial score (nSPS) is 13.1. The summed E-state index contributed by atoms with van der Waals surface area (Å²) in [6.07, 6.45) is 0. The zero-order chi connectivity index (χ0) is 34.1. The lowest BCUT2D eigenvalue weighted by molar-refractivity contribution is 0.660. The third-order valence-corrected chi connectivity index (χ3v) is 12.1. The summed E-state index contributed by atoms with van der Waals surface area (Å²) in [5.41, 5.74) is 13.7. The Balaban J connectivity index is 1.20. The summed E-state index contributed by atoms with van der Waals surface area (Å²) in [7, 11) is 0. The van der Waals surface area contributed by atoms with Crippen molar-refractivity contribution in [3.05, 3.63) is 187 Å². The SMILES string of the molecule is CC1(C)c2ccccc2-c2c(N(c3ccc(-c4ccc(-c5ccccc5)cc4)cc3)c3cc4ccccc4c4c3sc3ccccc34)cccc21. The number of thiophene rings is 1. The van der Waals surface area contributed by atoms with Crippen LogP contribution in [0.1, 0.15) is 25.0 Å². The number of hydrogen-bond acceptors (Lipinski definition) is 2. The lowest BCUT2D eigenvalue weighted by atomic mass is 9.82. The second-order valence-corrected chi connectivity index (χ2v) is 15.2. The van der Waals surface area contributed by atoms with Gasteiger partial charge in [-0.1, -0.05) is 159 Å². The van der Waals surface area contributed by atoms with E-state index >= 15 is 0 Å². The number of nitrogens with zero attached hydrogens (tertiary/aromatic N) is 1. The van der Waals surface area contributed by atoms with Gasteiger partial charge in [0.15, 0.2) is 0 Å². The number of anilines is 3. The molecule has 1 nitrogen and oxygen atoms in total. The van der Waals surface area contributed by atoms with Gasteiger partial charge >= 0.3 is 0 Å². The maximum atomic E-state index is 2.53. The van der Waals surface area contributed by atoms with E-state index in [0.717, 1.165) is 5.69 Å². The Labute approximate surface area is 302 Å². The van der Waals surface area contributed by atoms with Gasteiger partial charge in [0, 0.05) is 32.1 Å². The quantitative estimate of drug-likeness (QED) is 0.176. The highest BCUT2D eigenvalue weighted by Crippen LogP contribution is 2.56. The van der Waals surface area contributed by atoms with Crippen LogP contribution in [0.3, 0.4) is 0 Å². The van der Waals surface area contributed by atoms with E-state index in [9.17, 15) is 0 Å². The van der Waals surface area contributed by atoms with Crippen LogP contribution in [0.5, 0.6) is 0 Å². The standard InChI is InChI=1S/C49H35NS/c1-49(2)41-19-10-8-17-39(41)47-42(49)20-12-21-43(47)50(37-29-27-35(28-30-37)34-25-23-33(24-26-34)32-13-4-3-5-14-32)44-31-36-15-6-7-16-38(36)46-40-18-9-11-22-45(40)51-48(44)46/h3-31H,1-2H3. The van der Waals surface area contributed by atoms with Gasteiger partial charge in [-0.25, -0.2) is 0 Å². The first-order valence-corrected chi connectivity index (χ1v) is 18.5. The summed E-state index contributed by atoms with van der Waals surface area (Å²) in [5.74, 6) is 0. The van der Waals surface area contributed by atoms with Gasteiger partial charge in [-0.2, -0.15) is 0 Å². The molecule has 51 heavy (non-hydrogen) atoms. The van der Waals surface area contributed by atoms with E-state index in [1.165, 1.54) is 86.8 Å². The van der Waals surface area contributed by atoms with E-state index in [0.29, 0.717) is 0 Å².